The van der Waals surface area contributed by atoms with Crippen LogP contribution in [0.5, 0.6) is 0 Å². The van der Waals surface area contributed by atoms with E-state index in [0.717, 1.165) is 44.0 Å². The van der Waals surface area contributed by atoms with Crippen LogP contribution in [-0.4, -0.2) is 26.6 Å². The van der Waals surface area contributed by atoms with Gasteiger partial charge in [-0.3, -0.25) is 0 Å². The predicted molar refractivity (Wildman–Crippen MR) is 122 cm³/mol. The Kier molecular flexibility index (Phi) is 4.90. The van der Waals surface area contributed by atoms with Gasteiger partial charge < -0.3 is 14.6 Å². The van der Waals surface area contributed by atoms with E-state index in [4.69, 9.17) is 19.7 Å². The Hall–Kier alpha value is -3.29. The van der Waals surface area contributed by atoms with Gasteiger partial charge in [0.25, 0.3) is 0 Å². The van der Waals surface area contributed by atoms with Crippen molar-refractivity contribution < 1.29 is 4.74 Å². The summed E-state index contributed by atoms with van der Waals surface area (Å²) >= 11 is 1.62. The lowest BCUT2D eigenvalue weighted by Crippen LogP contribution is -2.09. The standard InChI is InChI=1S/C23H21N5OS/c1-28-18-11-7-6-10-17(18)25-20(28)12-24-22-21-16(15-8-4-3-5-9-15)14-30-23(21)27-19(26-22)13-29-2/h3-11,14H,12-13H2,1-2H3,(H,24,26,27). The first-order chi connectivity index (χ1) is 14.7. The zero-order chi connectivity index (χ0) is 20.5. The van der Waals surface area contributed by atoms with E-state index < -0.39 is 0 Å². The van der Waals surface area contributed by atoms with E-state index in [9.17, 15) is 0 Å². The lowest BCUT2D eigenvalue weighted by atomic mass is 10.1. The van der Waals surface area contributed by atoms with Crippen molar-refractivity contribution in [2.75, 3.05) is 12.4 Å². The number of aryl methyl sites for hydroxylation is 1. The molecule has 2 aromatic carbocycles. The fourth-order valence-electron chi connectivity index (χ4n) is 3.65. The Morgan fingerprint density at radius 2 is 1.80 bits per heavy atom. The summed E-state index contributed by atoms with van der Waals surface area (Å²) in [6.45, 7) is 0.934. The van der Waals surface area contributed by atoms with E-state index in [1.807, 2.05) is 43.4 Å². The lowest BCUT2D eigenvalue weighted by molar-refractivity contribution is 0.178. The van der Waals surface area contributed by atoms with E-state index in [0.29, 0.717) is 19.0 Å². The average molecular weight is 416 g/mol. The molecule has 30 heavy (non-hydrogen) atoms. The number of para-hydroxylation sites is 2. The molecule has 6 nitrogen and oxygen atoms in total. The first-order valence-electron chi connectivity index (χ1n) is 9.71. The van der Waals surface area contributed by atoms with Gasteiger partial charge >= 0.3 is 0 Å². The van der Waals surface area contributed by atoms with Crippen molar-refractivity contribution in [3.63, 3.8) is 0 Å². The number of imidazole rings is 1. The summed E-state index contributed by atoms with van der Waals surface area (Å²) in [7, 11) is 3.70. The molecule has 0 amide bonds. The fraction of sp³-hybridized carbons (Fsp3) is 0.174. The van der Waals surface area contributed by atoms with Crippen molar-refractivity contribution in [3.8, 4) is 11.1 Å². The van der Waals surface area contributed by atoms with Crippen LogP contribution in [0.2, 0.25) is 0 Å². The van der Waals surface area contributed by atoms with E-state index in [2.05, 4.69) is 33.5 Å². The lowest BCUT2D eigenvalue weighted by Gasteiger charge is -2.11. The van der Waals surface area contributed by atoms with E-state index >= 15 is 0 Å². The maximum atomic E-state index is 5.28. The molecule has 5 aromatic rings. The Morgan fingerprint density at radius 1 is 1.00 bits per heavy atom. The monoisotopic (exact) mass is 415 g/mol. The van der Waals surface area contributed by atoms with Gasteiger partial charge in [0.15, 0.2) is 5.82 Å². The molecule has 0 saturated carbocycles. The third-order valence-corrected chi connectivity index (χ3v) is 6.00. The highest BCUT2D eigenvalue weighted by Gasteiger charge is 2.16. The zero-order valence-electron chi connectivity index (χ0n) is 16.8. The average Bonchev–Trinajstić information content (AvgIpc) is 3.34. The van der Waals surface area contributed by atoms with Gasteiger partial charge in [0.2, 0.25) is 0 Å². The van der Waals surface area contributed by atoms with Gasteiger partial charge in [0.1, 0.15) is 23.1 Å². The molecule has 0 bridgehead atoms. The molecule has 0 spiro atoms. The highest BCUT2D eigenvalue weighted by Crippen LogP contribution is 2.37. The van der Waals surface area contributed by atoms with Crippen LogP contribution in [-0.2, 0) is 24.9 Å². The number of nitrogens with one attached hydrogen (secondary N) is 1. The van der Waals surface area contributed by atoms with Crippen LogP contribution in [0.15, 0.2) is 60.0 Å². The van der Waals surface area contributed by atoms with Gasteiger partial charge in [-0.15, -0.1) is 11.3 Å². The predicted octanol–water partition coefficient (Wildman–Crippen LogP) is 5.00. The Morgan fingerprint density at radius 3 is 2.60 bits per heavy atom. The second-order valence-electron chi connectivity index (χ2n) is 7.05. The summed E-state index contributed by atoms with van der Waals surface area (Å²) in [6.07, 6.45) is 0. The quantitative estimate of drug-likeness (QED) is 0.423. The summed E-state index contributed by atoms with van der Waals surface area (Å²) in [5, 5.41) is 6.69. The fourth-order valence-corrected chi connectivity index (χ4v) is 4.62. The molecule has 0 aliphatic heterocycles. The minimum Gasteiger partial charge on any atom is -0.377 e. The van der Waals surface area contributed by atoms with Crippen molar-refractivity contribution in [2.45, 2.75) is 13.2 Å². The van der Waals surface area contributed by atoms with Gasteiger partial charge in [-0.2, -0.15) is 0 Å². The second-order valence-corrected chi connectivity index (χ2v) is 7.90. The molecule has 0 unspecified atom stereocenters. The molecule has 7 heteroatoms. The molecule has 0 radical (unpaired) electrons. The van der Waals surface area contributed by atoms with E-state index in [-0.39, 0.29) is 0 Å². The molecular formula is C23H21N5OS. The van der Waals surface area contributed by atoms with Crippen LogP contribution in [0.3, 0.4) is 0 Å². The zero-order valence-corrected chi connectivity index (χ0v) is 17.6. The molecule has 0 aliphatic rings. The number of ether oxygens (including phenoxy) is 1. The molecule has 150 valence electrons. The smallest absolute Gasteiger partial charge is 0.158 e. The summed E-state index contributed by atoms with van der Waals surface area (Å²) in [5.41, 5.74) is 4.39. The maximum absolute atomic E-state index is 5.28. The van der Waals surface area contributed by atoms with Crippen LogP contribution in [0.1, 0.15) is 11.6 Å². The van der Waals surface area contributed by atoms with Crippen molar-refractivity contribution in [1.82, 2.24) is 19.5 Å². The highest BCUT2D eigenvalue weighted by molar-refractivity contribution is 7.17. The molecule has 0 atom stereocenters. The number of hydrogen-bond donors (Lipinski definition) is 1. The first kappa shape index (κ1) is 18.7. The number of aromatic nitrogens is 4. The van der Waals surface area contributed by atoms with Gasteiger partial charge in [0, 0.05) is 25.1 Å². The molecule has 1 N–H and O–H groups in total. The molecule has 5 rings (SSSR count). The van der Waals surface area contributed by atoms with E-state index in [1.54, 1.807) is 18.4 Å². The number of rotatable bonds is 6. The Bertz CT molecular complexity index is 1330. The van der Waals surface area contributed by atoms with E-state index in [1.165, 1.54) is 0 Å². The molecule has 0 fully saturated rings. The van der Waals surface area contributed by atoms with Crippen molar-refractivity contribution in [1.29, 1.82) is 0 Å². The number of hydrogen-bond acceptors (Lipinski definition) is 6. The number of fused-ring (bicyclic) bond motifs is 2. The molecule has 3 aromatic heterocycles. The second kappa shape index (κ2) is 7.85. The Balaban J connectivity index is 1.57. The minimum atomic E-state index is 0.371. The minimum absolute atomic E-state index is 0.371. The molecule has 0 saturated heterocycles. The molecular weight excluding hydrogens is 394 g/mol. The number of anilines is 1. The van der Waals surface area contributed by atoms with Gasteiger partial charge in [-0.1, -0.05) is 42.5 Å². The highest BCUT2D eigenvalue weighted by atomic mass is 32.1. The van der Waals surface area contributed by atoms with Gasteiger partial charge in [0.05, 0.1) is 23.0 Å². The van der Waals surface area contributed by atoms with Crippen molar-refractivity contribution in [2.24, 2.45) is 7.05 Å². The topological polar surface area (TPSA) is 64.9 Å². The van der Waals surface area contributed by atoms with Crippen LogP contribution in [0.25, 0.3) is 32.4 Å². The van der Waals surface area contributed by atoms with Crippen LogP contribution in [0, 0.1) is 0 Å². The molecule has 0 aliphatic carbocycles. The van der Waals surface area contributed by atoms with Gasteiger partial charge in [-0.25, -0.2) is 15.0 Å². The summed E-state index contributed by atoms with van der Waals surface area (Å²) in [5.74, 6) is 2.42. The number of methoxy groups -OCH3 is 1. The van der Waals surface area contributed by atoms with Crippen molar-refractivity contribution >= 4 is 38.4 Å². The maximum Gasteiger partial charge on any atom is 0.158 e. The number of nitrogens with zero attached hydrogens (tertiary/aromatic N) is 4. The van der Waals surface area contributed by atoms with Crippen LogP contribution >= 0.6 is 11.3 Å². The van der Waals surface area contributed by atoms with Crippen LogP contribution in [0.4, 0.5) is 5.82 Å². The normalized spacial score (nSPS) is 11.4. The SMILES string of the molecule is COCc1nc(NCc2nc3ccccc3n2C)c2c(-c3ccccc3)csc2n1. The number of benzene rings is 2. The Labute approximate surface area is 178 Å². The van der Waals surface area contributed by atoms with Crippen LogP contribution < -0.4 is 5.32 Å². The number of thiophene rings is 1. The third-order valence-electron chi connectivity index (χ3n) is 5.13. The summed E-state index contributed by atoms with van der Waals surface area (Å²) < 4.78 is 7.39. The third kappa shape index (κ3) is 3.32. The first-order valence-corrected chi connectivity index (χ1v) is 10.6. The van der Waals surface area contributed by atoms with Crippen molar-refractivity contribution in [3.05, 3.63) is 71.6 Å². The summed E-state index contributed by atoms with van der Waals surface area (Å²) in [4.78, 5) is 15.2. The largest absolute Gasteiger partial charge is 0.377 e. The summed E-state index contributed by atoms with van der Waals surface area (Å²) in [6, 6.07) is 18.5. The molecule has 3 heterocycles. The van der Waals surface area contributed by atoms with Gasteiger partial charge in [-0.05, 0) is 17.7 Å².